The zero-order chi connectivity index (χ0) is 15.6. The second kappa shape index (κ2) is 6.26. The van der Waals surface area contributed by atoms with E-state index in [0.29, 0.717) is 0 Å². The van der Waals surface area contributed by atoms with Crippen LogP contribution in [0.15, 0.2) is 0 Å². The molecule has 0 unspecified atom stereocenters. The highest BCUT2D eigenvalue weighted by Crippen LogP contribution is 2.35. The largest absolute Gasteiger partial charge is 0.406 e. The molecule has 0 radical (unpaired) electrons. The minimum absolute atomic E-state index is 0.0568. The molecule has 0 atom stereocenters. The average molecular weight is 312 g/mol. The number of rotatable bonds is 4. The van der Waals surface area contributed by atoms with E-state index in [-0.39, 0.29) is 31.0 Å². The molecule has 0 aromatic carbocycles. The van der Waals surface area contributed by atoms with Gasteiger partial charge in [0.15, 0.2) is 0 Å². The Morgan fingerprint density at radius 2 is 1.90 bits per heavy atom. The van der Waals surface area contributed by atoms with Gasteiger partial charge in [-0.25, -0.2) is 0 Å². The van der Waals surface area contributed by atoms with Gasteiger partial charge < -0.3 is 15.4 Å². The summed E-state index contributed by atoms with van der Waals surface area (Å²) in [5.74, 6) is -0.652. The van der Waals surface area contributed by atoms with Gasteiger partial charge in [-0.1, -0.05) is 12.2 Å². The van der Waals surface area contributed by atoms with Gasteiger partial charge in [-0.05, 0) is 26.7 Å². The van der Waals surface area contributed by atoms with Crippen LogP contribution >= 0.6 is 12.2 Å². The Morgan fingerprint density at radius 1 is 1.40 bits per heavy atom. The molecule has 1 saturated heterocycles. The minimum Gasteiger partial charge on any atom is -0.392 e. The molecule has 8 heteroatoms. The maximum absolute atomic E-state index is 12.6. The quantitative estimate of drug-likeness (QED) is 0.805. The predicted molar refractivity (Wildman–Crippen MR) is 72.2 cm³/mol. The number of ether oxygens (including phenoxy) is 1. The summed E-state index contributed by atoms with van der Waals surface area (Å²) in [5.41, 5.74) is 4.43. The number of hydrogen-bond donors (Lipinski definition) is 1. The second-order valence-corrected chi connectivity index (χ2v) is 5.64. The average Bonchev–Trinajstić information content (AvgIpc) is 2.34. The standard InChI is InChI=1S/C12H19F3N2O2S/c1-8(2)17(7-12(13,14)15)10(18)11(9(16)20)3-5-19-6-4-11/h8H,3-7H2,1-2H3,(H2,16,20). The number of nitrogens with two attached hydrogens (primary N) is 1. The van der Waals surface area contributed by atoms with Gasteiger partial charge in [0.25, 0.3) is 0 Å². The van der Waals surface area contributed by atoms with Crippen LogP contribution in [-0.4, -0.2) is 47.8 Å². The number of halogens is 3. The van der Waals surface area contributed by atoms with Gasteiger partial charge in [0.05, 0.1) is 4.99 Å². The molecule has 0 aliphatic carbocycles. The Labute approximate surface area is 121 Å². The number of hydrogen-bond acceptors (Lipinski definition) is 3. The van der Waals surface area contributed by atoms with Crippen molar-refractivity contribution in [3.63, 3.8) is 0 Å². The van der Waals surface area contributed by atoms with Gasteiger partial charge in [0.2, 0.25) is 5.91 Å². The van der Waals surface area contributed by atoms with E-state index in [0.717, 1.165) is 4.90 Å². The van der Waals surface area contributed by atoms with Crippen molar-refractivity contribution in [3.05, 3.63) is 0 Å². The molecule has 0 aromatic rings. The minimum atomic E-state index is -4.46. The van der Waals surface area contributed by atoms with E-state index < -0.39 is 30.1 Å². The highest BCUT2D eigenvalue weighted by atomic mass is 32.1. The highest BCUT2D eigenvalue weighted by Gasteiger charge is 2.47. The number of amides is 1. The summed E-state index contributed by atoms with van der Waals surface area (Å²) in [6, 6.07) is -0.585. The van der Waals surface area contributed by atoms with Crippen molar-refractivity contribution in [2.24, 2.45) is 11.1 Å². The van der Waals surface area contributed by atoms with Crippen molar-refractivity contribution in [2.75, 3.05) is 19.8 Å². The molecule has 1 rings (SSSR count). The van der Waals surface area contributed by atoms with E-state index in [4.69, 9.17) is 22.7 Å². The van der Waals surface area contributed by atoms with Gasteiger partial charge in [0.1, 0.15) is 12.0 Å². The summed E-state index contributed by atoms with van der Waals surface area (Å²) >= 11 is 4.94. The van der Waals surface area contributed by atoms with Crippen LogP contribution in [0.1, 0.15) is 26.7 Å². The van der Waals surface area contributed by atoms with E-state index in [1.54, 1.807) is 0 Å². The van der Waals surface area contributed by atoms with E-state index in [2.05, 4.69) is 0 Å². The van der Waals surface area contributed by atoms with Gasteiger partial charge in [-0.3, -0.25) is 4.79 Å². The number of nitrogens with zero attached hydrogens (tertiary/aromatic N) is 1. The van der Waals surface area contributed by atoms with Gasteiger partial charge in [-0.2, -0.15) is 13.2 Å². The smallest absolute Gasteiger partial charge is 0.392 e. The molecule has 4 nitrogen and oxygen atoms in total. The lowest BCUT2D eigenvalue weighted by Gasteiger charge is -2.40. The molecule has 1 fully saturated rings. The molecule has 0 bridgehead atoms. The molecule has 1 heterocycles. The zero-order valence-electron chi connectivity index (χ0n) is 11.5. The summed E-state index contributed by atoms with van der Waals surface area (Å²) < 4.78 is 43.1. The molecule has 1 aliphatic heterocycles. The first kappa shape index (κ1) is 17.2. The first-order valence-electron chi connectivity index (χ1n) is 6.35. The van der Waals surface area contributed by atoms with Crippen LogP contribution < -0.4 is 5.73 Å². The SMILES string of the molecule is CC(C)N(CC(F)(F)F)C(=O)C1(C(N)=S)CCOCC1. The maximum Gasteiger partial charge on any atom is 0.406 e. The summed E-state index contributed by atoms with van der Waals surface area (Å²) in [4.78, 5) is 13.3. The van der Waals surface area contributed by atoms with Crippen molar-refractivity contribution in [3.8, 4) is 0 Å². The van der Waals surface area contributed by atoms with Crippen LogP contribution in [0, 0.1) is 5.41 Å². The van der Waals surface area contributed by atoms with Gasteiger partial charge >= 0.3 is 6.18 Å². The van der Waals surface area contributed by atoms with E-state index in [9.17, 15) is 18.0 Å². The molecule has 116 valence electrons. The fraction of sp³-hybridized carbons (Fsp3) is 0.833. The Bertz CT molecular complexity index is 379. The molecule has 0 saturated carbocycles. The van der Waals surface area contributed by atoms with Crippen LogP contribution in [0.2, 0.25) is 0 Å². The Kier molecular flexibility index (Phi) is 5.37. The van der Waals surface area contributed by atoms with Crippen LogP contribution in [0.3, 0.4) is 0 Å². The monoisotopic (exact) mass is 312 g/mol. The molecule has 2 N–H and O–H groups in total. The molecule has 0 spiro atoms. The Morgan fingerprint density at radius 3 is 2.25 bits per heavy atom. The third kappa shape index (κ3) is 3.82. The van der Waals surface area contributed by atoms with E-state index in [1.807, 2.05) is 0 Å². The van der Waals surface area contributed by atoms with Crippen molar-refractivity contribution < 1.29 is 22.7 Å². The summed E-state index contributed by atoms with van der Waals surface area (Å²) in [5, 5.41) is 0. The normalized spacial score (nSPS) is 18.9. The lowest BCUT2D eigenvalue weighted by atomic mass is 9.78. The van der Waals surface area contributed by atoms with Crippen LogP contribution in [-0.2, 0) is 9.53 Å². The third-order valence-corrected chi connectivity index (χ3v) is 3.85. The molecule has 0 aromatic heterocycles. The molecule has 20 heavy (non-hydrogen) atoms. The van der Waals surface area contributed by atoms with Crippen molar-refractivity contribution in [2.45, 2.75) is 38.9 Å². The zero-order valence-corrected chi connectivity index (χ0v) is 12.3. The van der Waals surface area contributed by atoms with Gasteiger partial charge in [0, 0.05) is 19.3 Å². The molecular weight excluding hydrogens is 293 g/mol. The molecule has 1 amide bonds. The van der Waals surface area contributed by atoms with Gasteiger partial charge in [-0.15, -0.1) is 0 Å². The Balaban J connectivity index is 3.04. The first-order chi connectivity index (χ1) is 9.10. The van der Waals surface area contributed by atoms with Crippen LogP contribution in [0.25, 0.3) is 0 Å². The first-order valence-corrected chi connectivity index (χ1v) is 6.76. The third-order valence-electron chi connectivity index (χ3n) is 3.46. The summed E-state index contributed by atoms with van der Waals surface area (Å²) in [6.45, 7) is 2.31. The predicted octanol–water partition coefficient (Wildman–Crippen LogP) is 1.87. The van der Waals surface area contributed by atoms with E-state index >= 15 is 0 Å². The van der Waals surface area contributed by atoms with Crippen molar-refractivity contribution in [1.82, 2.24) is 4.90 Å². The highest BCUT2D eigenvalue weighted by molar-refractivity contribution is 7.80. The number of carbonyl (C=O) groups excluding carboxylic acids is 1. The maximum atomic E-state index is 12.6. The lowest BCUT2D eigenvalue weighted by molar-refractivity contribution is -0.171. The topological polar surface area (TPSA) is 55.6 Å². The Hall–Kier alpha value is -0.890. The number of thiocarbonyl (C=S) groups is 1. The summed E-state index contributed by atoms with van der Waals surface area (Å²) in [6.07, 6.45) is -4.01. The fourth-order valence-electron chi connectivity index (χ4n) is 2.24. The van der Waals surface area contributed by atoms with Crippen molar-refractivity contribution >= 4 is 23.1 Å². The number of carbonyl (C=O) groups is 1. The lowest BCUT2D eigenvalue weighted by Crippen LogP contribution is -2.56. The van der Waals surface area contributed by atoms with Crippen LogP contribution in [0.4, 0.5) is 13.2 Å². The van der Waals surface area contributed by atoms with E-state index in [1.165, 1.54) is 13.8 Å². The van der Waals surface area contributed by atoms with Crippen LogP contribution in [0.5, 0.6) is 0 Å². The summed E-state index contributed by atoms with van der Waals surface area (Å²) in [7, 11) is 0. The van der Waals surface area contributed by atoms with Crippen molar-refractivity contribution in [1.29, 1.82) is 0 Å². The number of alkyl halides is 3. The molecule has 1 aliphatic rings. The molecular formula is C12H19F3N2O2S. The fourth-order valence-corrected chi connectivity index (χ4v) is 2.53. The second-order valence-electron chi connectivity index (χ2n) is 5.20.